The molecule has 0 bridgehead atoms. The van der Waals surface area contributed by atoms with Crippen LogP contribution in [-0.4, -0.2) is 34.5 Å². The number of carbonyl (C=O) groups excluding carboxylic acids is 1. The normalized spacial score (nSPS) is 11.7. The molecule has 0 aliphatic carbocycles. The number of pyridine rings is 2. The average Bonchev–Trinajstić information content (AvgIpc) is 2.86. The molecular formula is C16H15FN4O3S. The molecule has 3 heterocycles. The molecule has 0 saturated heterocycles. The molecule has 0 radical (unpaired) electrons. The van der Waals surface area contributed by atoms with Gasteiger partial charge in [0.15, 0.2) is 5.82 Å². The maximum atomic E-state index is 14.6. The van der Waals surface area contributed by atoms with Gasteiger partial charge in [-0.15, -0.1) is 0 Å². The van der Waals surface area contributed by atoms with Crippen LogP contribution in [0.25, 0.3) is 22.0 Å². The van der Waals surface area contributed by atoms with Crippen LogP contribution >= 0.6 is 0 Å². The topological polar surface area (TPSA) is 94.0 Å². The standard InChI is InChI=1S/C16H15FN4O3S/c1-9-16-15(13(17)8-21(16)25(3,23)24)12(7-19-9)11-4-5-18-14(6-11)20-10(2)22/h4-8H,1-3H3,(H,18,20,22). The van der Waals surface area contributed by atoms with Gasteiger partial charge in [0.25, 0.3) is 0 Å². The quantitative estimate of drug-likeness (QED) is 0.772. The third-order valence-corrected chi connectivity index (χ3v) is 4.66. The van der Waals surface area contributed by atoms with Crippen molar-refractivity contribution in [3.05, 3.63) is 42.2 Å². The highest BCUT2D eigenvalue weighted by molar-refractivity contribution is 7.89. The number of aryl methyl sites for hydroxylation is 1. The molecule has 0 unspecified atom stereocenters. The molecule has 3 rings (SSSR count). The zero-order valence-corrected chi connectivity index (χ0v) is 14.6. The van der Waals surface area contributed by atoms with Crippen molar-refractivity contribution in [1.29, 1.82) is 0 Å². The Morgan fingerprint density at radius 2 is 2.04 bits per heavy atom. The van der Waals surface area contributed by atoms with E-state index in [0.717, 1.165) is 16.4 Å². The second-order valence-corrected chi connectivity index (χ2v) is 7.49. The van der Waals surface area contributed by atoms with Crippen molar-refractivity contribution in [2.45, 2.75) is 13.8 Å². The minimum absolute atomic E-state index is 0.151. The van der Waals surface area contributed by atoms with Crippen molar-refractivity contribution >= 4 is 32.7 Å². The molecule has 0 saturated carbocycles. The average molecular weight is 362 g/mol. The van der Waals surface area contributed by atoms with E-state index in [4.69, 9.17) is 0 Å². The highest BCUT2D eigenvalue weighted by Gasteiger charge is 2.21. The van der Waals surface area contributed by atoms with Crippen LogP contribution < -0.4 is 5.32 Å². The van der Waals surface area contributed by atoms with E-state index >= 15 is 0 Å². The molecule has 3 aromatic heterocycles. The molecule has 0 aromatic carbocycles. The Balaban J connectivity index is 2.31. The Labute approximate surface area is 143 Å². The second-order valence-electron chi connectivity index (χ2n) is 5.63. The molecular weight excluding hydrogens is 347 g/mol. The van der Waals surface area contributed by atoms with Crippen LogP contribution in [0.15, 0.2) is 30.7 Å². The molecule has 130 valence electrons. The summed E-state index contributed by atoms with van der Waals surface area (Å²) in [5, 5.41) is 2.70. The summed E-state index contributed by atoms with van der Waals surface area (Å²) in [6, 6.07) is 3.21. The van der Waals surface area contributed by atoms with Crippen LogP contribution in [0.1, 0.15) is 12.6 Å². The number of rotatable bonds is 3. The maximum Gasteiger partial charge on any atom is 0.236 e. The zero-order chi connectivity index (χ0) is 18.4. The van der Waals surface area contributed by atoms with E-state index in [0.29, 0.717) is 22.6 Å². The smallest absolute Gasteiger partial charge is 0.236 e. The van der Waals surface area contributed by atoms with Gasteiger partial charge in [0.2, 0.25) is 15.9 Å². The van der Waals surface area contributed by atoms with Crippen LogP contribution in [0.2, 0.25) is 0 Å². The molecule has 0 atom stereocenters. The Morgan fingerprint density at radius 1 is 1.32 bits per heavy atom. The Morgan fingerprint density at radius 3 is 2.68 bits per heavy atom. The lowest BCUT2D eigenvalue weighted by Crippen LogP contribution is -2.09. The summed E-state index contributed by atoms with van der Waals surface area (Å²) in [7, 11) is -3.69. The van der Waals surface area contributed by atoms with E-state index < -0.39 is 15.8 Å². The van der Waals surface area contributed by atoms with Crippen molar-refractivity contribution < 1.29 is 17.6 Å². The lowest BCUT2D eigenvalue weighted by atomic mass is 10.0. The van der Waals surface area contributed by atoms with Crippen molar-refractivity contribution in [2.24, 2.45) is 0 Å². The van der Waals surface area contributed by atoms with E-state index in [1.807, 2.05) is 0 Å². The van der Waals surface area contributed by atoms with Gasteiger partial charge in [0, 0.05) is 30.3 Å². The first-order valence-electron chi connectivity index (χ1n) is 7.29. The third-order valence-electron chi connectivity index (χ3n) is 3.66. The molecule has 25 heavy (non-hydrogen) atoms. The summed E-state index contributed by atoms with van der Waals surface area (Å²) in [6.45, 7) is 2.97. The van der Waals surface area contributed by atoms with Crippen LogP contribution in [0.4, 0.5) is 10.2 Å². The highest BCUT2D eigenvalue weighted by atomic mass is 32.2. The Kier molecular flexibility index (Phi) is 4.03. The number of hydrogen-bond donors (Lipinski definition) is 1. The Bertz CT molecular complexity index is 1110. The molecule has 0 aliphatic heterocycles. The summed E-state index contributed by atoms with van der Waals surface area (Å²) in [4.78, 5) is 19.4. The van der Waals surface area contributed by atoms with Gasteiger partial charge in [-0.1, -0.05) is 0 Å². The zero-order valence-electron chi connectivity index (χ0n) is 13.7. The first-order chi connectivity index (χ1) is 11.7. The van der Waals surface area contributed by atoms with Gasteiger partial charge in [-0.05, 0) is 24.6 Å². The summed E-state index contributed by atoms with van der Waals surface area (Å²) in [5.74, 6) is -0.647. The second kappa shape index (κ2) is 5.92. The van der Waals surface area contributed by atoms with Crippen molar-refractivity contribution in [2.75, 3.05) is 11.6 Å². The lowest BCUT2D eigenvalue weighted by Gasteiger charge is -2.09. The van der Waals surface area contributed by atoms with Gasteiger partial charge in [-0.2, -0.15) is 0 Å². The van der Waals surface area contributed by atoms with Gasteiger partial charge in [0.1, 0.15) is 5.82 Å². The lowest BCUT2D eigenvalue weighted by molar-refractivity contribution is -0.114. The molecule has 0 spiro atoms. The van der Waals surface area contributed by atoms with Crippen molar-refractivity contribution in [1.82, 2.24) is 13.9 Å². The van der Waals surface area contributed by atoms with E-state index in [-0.39, 0.29) is 16.8 Å². The third kappa shape index (κ3) is 3.10. The van der Waals surface area contributed by atoms with E-state index in [9.17, 15) is 17.6 Å². The number of aromatic nitrogens is 3. The Hall–Kier alpha value is -2.81. The maximum absolute atomic E-state index is 14.6. The number of fused-ring (bicyclic) bond motifs is 1. The first kappa shape index (κ1) is 17.0. The van der Waals surface area contributed by atoms with Gasteiger partial charge in [0.05, 0.1) is 23.7 Å². The van der Waals surface area contributed by atoms with Crippen molar-refractivity contribution in [3.8, 4) is 11.1 Å². The SMILES string of the molecule is CC(=O)Nc1cc(-c2cnc(C)c3c2c(F)cn3S(C)(=O)=O)ccn1. The highest BCUT2D eigenvalue weighted by Crippen LogP contribution is 2.33. The van der Waals surface area contributed by atoms with E-state index in [1.165, 1.54) is 19.3 Å². The minimum atomic E-state index is -3.69. The van der Waals surface area contributed by atoms with Crippen molar-refractivity contribution in [3.63, 3.8) is 0 Å². The number of halogens is 1. The van der Waals surface area contributed by atoms with Gasteiger partial charge in [-0.25, -0.2) is 21.8 Å². The van der Waals surface area contributed by atoms with Gasteiger partial charge >= 0.3 is 0 Å². The van der Waals surface area contributed by atoms with E-state index in [2.05, 4.69) is 15.3 Å². The first-order valence-corrected chi connectivity index (χ1v) is 9.14. The summed E-state index contributed by atoms with van der Waals surface area (Å²) >= 11 is 0. The van der Waals surface area contributed by atoms with Gasteiger partial charge in [-0.3, -0.25) is 9.78 Å². The molecule has 7 nitrogen and oxygen atoms in total. The minimum Gasteiger partial charge on any atom is -0.311 e. The number of nitrogens with zero attached hydrogens (tertiary/aromatic N) is 3. The summed E-state index contributed by atoms with van der Waals surface area (Å²) < 4.78 is 39.4. The fraction of sp³-hybridized carbons (Fsp3) is 0.188. The monoisotopic (exact) mass is 362 g/mol. The van der Waals surface area contributed by atoms with Crippen LogP contribution in [0.5, 0.6) is 0 Å². The predicted molar refractivity (Wildman–Crippen MR) is 92.2 cm³/mol. The molecule has 0 fully saturated rings. The van der Waals surface area contributed by atoms with Crippen LogP contribution in [0.3, 0.4) is 0 Å². The fourth-order valence-electron chi connectivity index (χ4n) is 2.67. The summed E-state index contributed by atoms with van der Waals surface area (Å²) in [6.07, 6.45) is 4.88. The number of anilines is 1. The number of nitrogens with one attached hydrogen (secondary N) is 1. The molecule has 1 N–H and O–H groups in total. The largest absolute Gasteiger partial charge is 0.311 e. The molecule has 1 amide bonds. The fourth-order valence-corrected chi connectivity index (χ4v) is 3.51. The molecule has 9 heteroatoms. The summed E-state index contributed by atoms with van der Waals surface area (Å²) in [5.41, 5.74) is 1.55. The molecule has 0 aliphatic rings. The predicted octanol–water partition coefficient (Wildman–Crippen LogP) is 2.31. The number of hydrogen-bond acceptors (Lipinski definition) is 5. The molecule has 3 aromatic rings. The van der Waals surface area contributed by atoms with E-state index in [1.54, 1.807) is 19.1 Å². The van der Waals surface area contributed by atoms with Crippen LogP contribution in [0, 0.1) is 12.7 Å². The number of amides is 1. The van der Waals surface area contributed by atoms with Crippen LogP contribution in [-0.2, 0) is 14.8 Å². The van der Waals surface area contributed by atoms with Gasteiger partial charge < -0.3 is 5.32 Å². The number of carbonyl (C=O) groups is 1.